The minimum absolute atomic E-state index is 0.371. The molecule has 0 radical (unpaired) electrons. The first-order chi connectivity index (χ1) is 10.1. The topological polar surface area (TPSA) is 55.4 Å². The predicted octanol–water partition coefficient (Wildman–Crippen LogP) is 1.91. The van der Waals surface area contributed by atoms with Gasteiger partial charge in [-0.2, -0.15) is 0 Å². The maximum Gasteiger partial charge on any atom is 0.503 e. The van der Waals surface area contributed by atoms with Crippen molar-refractivity contribution in [3.63, 3.8) is 0 Å². The first-order valence-electron chi connectivity index (χ1n) is 7.37. The van der Waals surface area contributed by atoms with Crippen molar-refractivity contribution < 1.29 is 26.6 Å². The second-order valence-electron chi connectivity index (χ2n) is 5.87. The average Bonchev–Trinajstić information content (AvgIpc) is 3.13. The molecule has 4 atom stereocenters. The maximum absolute atomic E-state index is 5.68. The van der Waals surface area contributed by atoms with Crippen LogP contribution in [0.3, 0.4) is 0 Å². The van der Waals surface area contributed by atoms with Crippen LogP contribution in [-0.2, 0) is 26.6 Å². The smallest absolute Gasteiger partial charge is 0.377 e. The van der Waals surface area contributed by atoms with E-state index in [9.17, 15) is 0 Å². The highest BCUT2D eigenvalue weighted by atomic mass is 28.4. The molecule has 0 aliphatic heterocycles. The number of rotatable bonds is 8. The Morgan fingerprint density at radius 3 is 1.00 bits per heavy atom. The molecule has 0 aromatic carbocycles. The minimum atomic E-state index is -2.56. The third-order valence-electron chi connectivity index (χ3n) is 5.47. The van der Waals surface area contributed by atoms with Crippen molar-refractivity contribution in [3.05, 3.63) is 0 Å². The van der Waals surface area contributed by atoms with E-state index in [2.05, 4.69) is 0 Å². The zero-order valence-corrected chi connectivity index (χ0v) is 15.9. The number of hydrogen-bond acceptors (Lipinski definition) is 6. The molecule has 0 aromatic rings. The fraction of sp³-hybridized carbons (Fsp3) is 1.00. The Hall–Kier alpha value is 0.194. The summed E-state index contributed by atoms with van der Waals surface area (Å²) < 4.78 is 34.1. The van der Waals surface area contributed by atoms with Crippen LogP contribution in [0.5, 0.6) is 0 Å². The van der Waals surface area contributed by atoms with Gasteiger partial charge in [-0.1, -0.05) is 0 Å². The van der Waals surface area contributed by atoms with Crippen molar-refractivity contribution in [3.8, 4) is 0 Å². The normalized spacial score (nSPS) is 32.9. The molecule has 21 heavy (non-hydrogen) atoms. The number of hydrogen-bond donors (Lipinski definition) is 0. The van der Waals surface area contributed by atoms with E-state index >= 15 is 0 Å². The monoisotopic (exact) mass is 336 g/mol. The van der Waals surface area contributed by atoms with Gasteiger partial charge in [0, 0.05) is 53.7 Å². The van der Waals surface area contributed by atoms with Gasteiger partial charge in [-0.3, -0.25) is 0 Å². The van der Waals surface area contributed by atoms with E-state index in [1.165, 1.54) is 0 Å². The van der Waals surface area contributed by atoms with E-state index in [4.69, 9.17) is 26.6 Å². The summed E-state index contributed by atoms with van der Waals surface area (Å²) in [4.78, 5) is 0. The standard InChI is InChI=1S/C13H28O6Si2/c1-14-20(15-2,16-3)12-8-11-7-10(12)9-13(11)21(17-4,18-5)19-6/h10-13H,7-9H2,1-6H3/t10-,11-,12+,13+/m1/s1. The van der Waals surface area contributed by atoms with Crippen LogP contribution in [0, 0.1) is 11.8 Å². The van der Waals surface area contributed by atoms with Gasteiger partial charge in [0.15, 0.2) is 0 Å². The van der Waals surface area contributed by atoms with Crippen LogP contribution in [-0.4, -0.2) is 60.3 Å². The third kappa shape index (κ3) is 2.65. The Kier molecular flexibility index (Phi) is 5.64. The highest BCUT2D eigenvalue weighted by molar-refractivity contribution is 6.64. The Balaban J connectivity index is 2.15. The summed E-state index contributed by atoms with van der Waals surface area (Å²) in [6.45, 7) is 0. The SMILES string of the molecule is CO[Si](OC)(OC)[C@H]1C[C@H]2C[C@@H]1C[C@@H]2[Si](OC)(OC)OC. The van der Waals surface area contributed by atoms with Crippen LogP contribution >= 0.6 is 0 Å². The van der Waals surface area contributed by atoms with E-state index in [0.29, 0.717) is 22.9 Å². The van der Waals surface area contributed by atoms with Gasteiger partial charge in [0.25, 0.3) is 0 Å². The highest BCUT2D eigenvalue weighted by Gasteiger charge is 2.65. The molecular weight excluding hydrogens is 308 g/mol. The molecule has 0 unspecified atom stereocenters. The molecule has 6 nitrogen and oxygen atoms in total. The molecule has 0 aromatic heterocycles. The lowest BCUT2D eigenvalue weighted by atomic mass is 9.99. The largest absolute Gasteiger partial charge is 0.503 e. The highest BCUT2D eigenvalue weighted by Crippen LogP contribution is 2.62. The molecular formula is C13H28O6Si2. The summed E-state index contributed by atoms with van der Waals surface area (Å²) in [5.41, 5.74) is 0.743. The van der Waals surface area contributed by atoms with Crippen molar-refractivity contribution in [1.82, 2.24) is 0 Å². The second kappa shape index (κ2) is 6.75. The fourth-order valence-corrected chi connectivity index (χ4v) is 10.2. The van der Waals surface area contributed by atoms with Crippen molar-refractivity contribution >= 4 is 17.6 Å². The zero-order valence-electron chi connectivity index (χ0n) is 13.9. The van der Waals surface area contributed by atoms with Crippen LogP contribution in [0.15, 0.2) is 0 Å². The van der Waals surface area contributed by atoms with E-state index in [-0.39, 0.29) is 0 Å². The predicted molar refractivity (Wildman–Crippen MR) is 81.9 cm³/mol. The van der Waals surface area contributed by atoms with Gasteiger partial charge < -0.3 is 26.6 Å². The molecule has 2 fully saturated rings. The van der Waals surface area contributed by atoms with Gasteiger partial charge in [-0.05, 0) is 31.1 Å². The number of fused-ring (bicyclic) bond motifs is 2. The molecule has 124 valence electrons. The molecule has 8 heteroatoms. The van der Waals surface area contributed by atoms with Gasteiger partial charge in [0.2, 0.25) is 0 Å². The summed E-state index contributed by atoms with van der Waals surface area (Å²) in [6, 6.07) is 0. The summed E-state index contributed by atoms with van der Waals surface area (Å²) in [7, 11) is 5.05. The molecule has 0 saturated heterocycles. The lowest BCUT2D eigenvalue weighted by Crippen LogP contribution is -2.53. The molecule has 0 amide bonds. The van der Waals surface area contributed by atoms with E-state index in [0.717, 1.165) is 19.3 Å². The summed E-state index contributed by atoms with van der Waals surface area (Å²) >= 11 is 0. The van der Waals surface area contributed by atoms with Gasteiger partial charge in [0.05, 0.1) is 0 Å². The quantitative estimate of drug-likeness (QED) is 0.631. The first kappa shape index (κ1) is 17.5. The second-order valence-corrected chi connectivity index (χ2v) is 12.2. The molecule has 0 spiro atoms. The summed E-state index contributed by atoms with van der Waals surface area (Å²) in [5, 5.41) is 0. The van der Waals surface area contributed by atoms with Crippen molar-refractivity contribution in [2.24, 2.45) is 11.8 Å². The molecule has 0 N–H and O–H groups in total. The van der Waals surface area contributed by atoms with Crippen molar-refractivity contribution in [2.75, 3.05) is 42.7 Å². The van der Waals surface area contributed by atoms with Gasteiger partial charge in [0.1, 0.15) is 0 Å². The molecule has 0 heterocycles. The van der Waals surface area contributed by atoms with Crippen LogP contribution in [0.25, 0.3) is 0 Å². The van der Waals surface area contributed by atoms with Crippen molar-refractivity contribution in [1.29, 1.82) is 0 Å². The fourth-order valence-electron chi connectivity index (χ4n) is 4.55. The Morgan fingerprint density at radius 2 is 0.810 bits per heavy atom. The van der Waals surface area contributed by atoms with Crippen LogP contribution in [0.4, 0.5) is 0 Å². The third-order valence-corrected chi connectivity index (χ3v) is 12.1. The molecule has 2 rings (SSSR count). The molecule has 2 bridgehead atoms. The Morgan fingerprint density at radius 1 is 0.524 bits per heavy atom. The summed E-state index contributed by atoms with van der Waals surface area (Å²) in [5.74, 6) is 1.08. The van der Waals surface area contributed by atoms with E-state index in [1.54, 1.807) is 42.7 Å². The Labute approximate surface area is 129 Å². The van der Waals surface area contributed by atoms with E-state index < -0.39 is 17.6 Å². The lowest BCUT2D eigenvalue weighted by Gasteiger charge is -2.40. The zero-order chi connectivity index (χ0) is 15.7. The van der Waals surface area contributed by atoms with E-state index in [1.807, 2.05) is 0 Å². The Bertz CT molecular complexity index is 299. The van der Waals surface area contributed by atoms with Gasteiger partial charge >= 0.3 is 17.6 Å². The minimum Gasteiger partial charge on any atom is -0.377 e. The average molecular weight is 337 g/mol. The van der Waals surface area contributed by atoms with Crippen LogP contribution in [0.2, 0.25) is 11.1 Å². The maximum atomic E-state index is 5.68. The van der Waals surface area contributed by atoms with Crippen LogP contribution < -0.4 is 0 Å². The van der Waals surface area contributed by atoms with Crippen molar-refractivity contribution in [2.45, 2.75) is 30.3 Å². The van der Waals surface area contributed by atoms with Gasteiger partial charge in [-0.15, -0.1) is 0 Å². The van der Waals surface area contributed by atoms with Gasteiger partial charge in [-0.25, -0.2) is 0 Å². The molecule has 2 aliphatic rings. The lowest BCUT2D eigenvalue weighted by molar-refractivity contribution is 0.0866. The molecule has 2 saturated carbocycles. The first-order valence-corrected chi connectivity index (χ1v) is 11.0. The summed E-state index contributed by atoms with van der Waals surface area (Å²) in [6.07, 6.45) is 3.24. The van der Waals surface area contributed by atoms with Crippen LogP contribution in [0.1, 0.15) is 19.3 Å². The molecule has 2 aliphatic carbocycles.